The molecule has 1 unspecified atom stereocenters. The molecule has 0 N–H and O–H groups in total. The van der Waals surface area contributed by atoms with Crippen molar-refractivity contribution in [2.45, 2.75) is 31.6 Å². The summed E-state index contributed by atoms with van der Waals surface area (Å²) in [5, 5.41) is 11.1. The SMILES string of the molecule is Cc1c(Cl)cc(S(=O)(=O)N2CCCC(C)C2)cc1[N+](=O)[O-]. The molecule has 1 aromatic rings. The molecule has 0 amide bonds. The van der Waals surface area contributed by atoms with Gasteiger partial charge in [0, 0.05) is 24.7 Å². The van der Waals surface area contributed by atoms with Gasteiger partial charge in [-0.25, -0.2) is 8.42 Å². The van der Waals surface area contributed by atoms with Gasteiger partial charge in [0.25, 0.3) is 5.69 Å². The van der Waals surface area contributed by atoms with Gasteiger partial charge in [-0.05, 0) is 31.7 Å². The van der Waals surface area contributed by atoms with E-state index in [2.05, 4.69) is 0 Å². The van der Waals surface area contributed by atoms with Crippen LogP contribution in [0.3, 0.4) is 0 Å². The molecule has 0 bridgehead atoms. The summed E-state index contributed by atoms with van der Waals surface area (Å²) in [6.07, 6.45) is 1.78. The van der Waals surface area contributed by atoms with E-state index in [1.165, 1.54) is 17.3 Å². The average molecular weight is 333 g/mol. The summed E-state index contributed by atoms with van der Waals surface area (Å²) in [6, 6.07) is 2.38. The summed E-state index contributed by atoms with van der Waals surface area (Å²) >= 11 is 5.95. The van der Waals surface area contributed by atoms with E-state index >= 15 is 0 Å². The minimum absolute atomic E-state index is 0.0906. The van der Waals surface area contributed by atoms with E-state index in [4.69, 9.17) is 11.6 Å². The van der Waals surface area contributed by atoms with E-state index in [9.17, 15) is 18.5 Å². The van der Waals surface area contributed by atoms with Crippen molar-refractivity contribution in [3.05, 3.63) is 32.8 Å². The normalized spacial score (nSPS) is 20.4. The monoisotopic (exact) mass is 332 g/mol. The molecular weight excluding hydrogens is 316 g/mol. The van der Waals surface area contributed by atoms with Gasteiger partial charge in [-0.15, -0.1) is 0 Å². The number of nitro benzene ring substituents is 1. The molecule has 1 aliphatic heterocycles. The van der Waals surface area contributed by atoms with E-state index < -0.39 is 14.9 Å². The summed E-state index contributed by atoms with van der Waals surface area (Å²) in [7, 11) is -3.75. The first kappa shape index (κ1) is 16.2. The predicted molar refractivity (Wildman–Crippen MR) is 80.0 cm³/mol. The van der Waals surface area contributed by atoms with Crippen molar-refractivity contribution in [1.82, 2.24) is 4.31 Å². The molecule has 0 aliphatic carbocycles. The number of nitro groups is 1. The molecule has 1 aliphatic rings. The van der Waals surface area contributed by atoms with Crippen molar-refractivity contribution in [1.29, 1.82) is 0 Å². The second-order valence-electron chi connectivity index (χ2n) is 5.42. The zero-order valence-electron chi connectivity index (χ0n) is 11.9. The maximum atomic E-state index is 12.6. The molecule has 2 rings (SSSR count). The smallest absolute Gasteiger partial charge is 0.258 e. The second-order valence-corrected chi connectivity index (χ2v) is 7.76. The highest BCUT2D eigenvalue weighted by Crippen LogP contribution is 2.32. The molecule has 1 fully saturated rings. The lowest BCUT2D eigenvalue weighted by molar-refractivity contribution is -0.385. The Morgan fingerprint density at radius 3 is 2.67 bits per heavy atom. The maximum absolute atomic E-state index is 12.6. The van der Waals surface area contributed by atoms with Crippen LogP contribution in [0.4, 0.5) is 5.69 Å². The maximum Gasteiger partial charge on any atom is 0.275 e. The van der Waals surface area contributed by atoms with Crippen LogP contribution in [0.15, 0.2) is 17.0 Å². The van der Waals surface area contributed by atoms with Gasteiger partial charge in [-0.1, -0.05) is 18.5 Å². The number of hydrogen-bond donors (Lipinski definition) is 0. The predicted octanol–water partition coefficient (Wildman–Crippen LogP) is 2.98. The largest absolute Gasteiger partial charge is 0.275 e. The van der Waals surface area contributed by atoms with Crippen molar-refractivity contribution in [3.63, 3.8) is 0 Å². The first-order chi connectivity index (χ1) is 9.73. The first-order valence-electron chi connectivity index (χ1n) is 6.68. The van der Waals surface area contributed by atoms with Crippen LogP contribution in [0.25, 0.3) is 0 Å². The zero-order valence-corrected chi connectivity index (χ0v) is 13.4. The molecule has 1 heterocycles. The van der Waals surface area contributed by atoms with Crippen molar-refractivity contribution in [3.8, 4) is 0 Å². The second kappa shape index (κ2) is 5.90. The van der Waals surface area contributed by atoms with Gasteiger partial charge in [-0.2, -0.15) is 4.31 Å². The summed E-state index contributed by atoms with van der Waals surface area (Å²) in [5.41, 5.74) is -0.00115. The number of piperidine rings is 1. The molecule has 0 saturated carbocycles. The van der Waals surface area contributed by atoms with Crippen LogP contribution >= 0.6 is 11.6 Å². The molecule has 0 spiro atoms. The van der Waals surface area contributed by atoms with Crippen LogP contribution in [0.2, 0.25) is 5.02 Å². The van der Waals surface area contributed by atoms with E-state index in [1.54, 1.807) is 0 Å². The Kier molecular flexibility index (Phi) is 4.55. The van der Waals surface area contributed by atoms with Gasteiger partial charge in [0.2, 0.25) is 10.0 Å². The number of rotatable bonds is 3. The molecule has 6 nitrogen and oxygen atoms in total. The fraction of sp³-hybridized carbons (Fsp3) is 0.538. The van der Waals surface area contributed by atoms with Crippen molar-refractivity contribution < 1.29 is 13.3 Å². The van der Waals surface area contributed by atoms with Gasteiger partial charge in [0.15, 0.2) is 0 Å². The molecule has 0 radical (unpaired) electrons. The van der Waals surface area contributed by atoms with Crippen molar-refractivity contribution in [2.75, 3.05) is 13.1 Å². The van der Waals surface area contributed by atoms with Crippen molar-refractivity contribution >= 4 is 27.3 Å². The standard InChI is InChI=1S/C13H17ClN2O4S/c1-9-4-3-5-15(8-9)21(19,20)11-6-12(14)10(2)13(7-11)16(17)18/h6-7,9H,3-5,8H2,1-2H3. The molecule has 116 valence electrons. The number of benzene rings is 1. The van der Waals surface area contributed by atoms with E-state index in [0.29, 0.717) is 13.1 Å². The van der Waals surface area contributed by atoms with Crippen LogP contribution < -0.4 is 0 Å². The highest BCUT2D eigenvalue weighted by Gasteiger charge is 2.31. The Bertz CT molecular complexity index is 675. The highest BCUT2D eigenvalue weighted by atomic mass is 35.5. The van der Waals surface area contributed by atoms with Gasteiger partial charge >= 0.3 is 0 Å². The Hall–Kier alpha value is -1.18. The molecule has 1 aromatic carbocycles. The quantitative estimate of drug-likeness (QED) is 0.629. The number of sulfonamides is 1. The third kappa shape index (κ3) is 3.20. The minimum Gasteiger partial charge on any atom is -0.258 e. The fourth-order valence-electron chi connectivity index (χ4n) is 2.49. The van der Waals surface area contributed by atoms with Gasteiger partial charge in [-0.3, -0.25) is 10.1 Å². The number of hydrogen-bond acceptors (Lipinski definition) is 4. The zero-order chi connectivity index (χ0) is 15.8. The Balaban J connectivity index is 2.47. The number of halogens is 1. The lowest BCUT2D eigenvalue weighted by Crippen LogP contribution is -2.39. The molecule has 8 heteroatoms. The average Bonchev–Trinajstić information content (AvgIpc) is 2.41. The van der Waals surface area contributed by atoms with Crippen LogP contribution in [-0.2, 0) is 10.0 Å². The third-order valence-electron chi connectivity index (χ3n) is 3.74. The van der Waals surface area contributed by atoms with Crippen LogP contribution in [0, 0.1) is 23.0 Å². The minimum atomic E-state index is -3.75. The van der Waals surface area contributed by atoms with E-state index in [-0.39, 0.29) is 27.1 Å². The third-order valence-corrected chi connectivity index (χ3v) is 5.98. The first-order valence-corrected chi connectivity index (χ1v) is 8.50. The molecule has 21 heavy (non-hydrogen) atoms. The Morgan fingerprint density at radius 2 is 2.10 bits per heavy atom. The van der Waals surface area contributed by atoms with Crippen LogP contribution in [0.1, 0.15) is 25.3 Å². The number of nitrogens with zero attached hydrogens (tertiary/aromatic N) is 2. The molecular formula is C13H17ClN2O4S. The van der Waals surface area contributed by atoms with Crippen LogP contribution in [0.5, 0.6) is 0 Å². The topological polar surface area (TPSA) is 80.5 Å². The lowest BCUT2D eigenvalue weighted by atomic mass is 10.0. The van der Waals surface area contributed by atoms with Gasteiger partial charge < -0.3 is 0 Å². The summed E-state index contributed by atoms with van der Waals surface area (Å²) in [6.45, 7) is 4.36. The fourth-order valence-corrected chi connectivity index (χ4v) is 4.42. The van der Waals surface area contributed by atoms with E-state index in [0.717, 1.165) is 18.9 Å². The molecule has 1 saturated heterocycles. The van der Waals surface area contributed by atoms with Crippen LogP contribution in [-0.4, -0.2) is 30.7 Å². The summed E-state index contributed by atoms with van der Waals surface area (Å²) in [4.78, 5) is 10.3. The Labute approximate surface area is 128 Å². The molecule has 1 atom stereocenters. The highest BCUT2D eigenvalue weighted by molar-refractivity contribution is 7.89. The van der Waals surface area contributed by atoms with Gasteiger partial charge in [0.1, 0.15) is 0 Å². The van der Waals surface area contributed by atoms with E-state index in [1.807, 2.05) is 6.92 Å². The summed E-state index contributed by atoms with van der Waals surface area (Å²) in [5.74, 6) is 0.282. The van der Waals surface area contributed by atoms with Gasteiger partial charge in [0.05, 0.1) is 14.8 Å². The lowest BCUT2D eigenvalue weighted by Gasteiger charge is -2.30. The summed E-state index contributed by atoms with van der Waals surface area (Å²) < 4.78 is 26.6. The van der Waals surface area contributed by atoms with Crippen molar-refractivity contribution in [2.24, 2.45) is 5.92 Å². The molecule has 0 aromatic heterocycles. The Morgan fingerprint density at radius 1 is 1.43 bits per heavy atom.